The summed E-state index contributed by atoms with van der Waals surface area (Å²) >= 11 is 0. The molecule has 0 aromatic rings. The Labute approximate surface area is 79.9 Å². The lowest BCUT2D eigenvalue weighted by atomic mass is 10.2. The Balaban J connectivity index is 2.30. The first-order chi connectivity index (χ1) is 6.31. The molecular weight excluding hydrogens is 168 g/mol. The second-order valence-corrected chi connectivity index (χ2v) is 3.51. The average molecular weight is 188 g/mol. The molecule has 1 aliphatic rings. The Kier molecular flexibility index (Phi) is 4.66. The molecule has 1 aliphatic heterocycles. The highest BCUT2D eigenvalue weighted by Gasteiger charge is 2.30. The van der Waals surface area contributed by atoms with Gasteiger partial charge in [-0.25, -0.2) is 0 Å². The Morgan fingerprint density at radius 1 is 1.54 bits per heavy atom. The van der Waals surface area contributed by atoms with Crippen molar-refractivity contribution in [3.63, 3.8) is 0 Å². The summed E-state index contributed by atoms with van der Waals surface area (Å²) in [6, 6.07) is 0.434. The SMILES string of the molecule is CN[C@H]1CN(CCCO)C[C@@H]1OC. The van der Waals surface area contributed by atoms with Gasteiger partial charge in [-0.2, -0.15) is 0 Å². The van der Waals surface area contributed by atoms with Crippen molar-refractivity contribution in [2.45, 2.75) is 18.6 Å². The number of ether oxygens (including phenoxy) is 1. The van der Waals surface area contributed by atoms with Crippen molar-refractivity contribution in [3.8, 4) is 0 Å². The minimum atomic E-state index is 0.276. The van der Waals surface area contributed by atoms with Crippen LogP contribution in [0.15, 0.2) is 0 Å². The van der Waals surface area contributed by atoms with Crippen LogP contribution < -0.4 is 5.32 Å². The topological polar surface area (TPSA) is 44.7 Å². The summed E-state index contributed by atoms with van der Waals surface area (Å²) in [7, 11) is 3.72. The molecule has 2 N–H and O–H groups in total. The van der Waals surface area contributed by atoms with Crippen LogP contribution in [0.2, 0.25) is 0 Å². The molecule has 0 saturated carbocycles. The molecule has 4 nitrogen and oxygen atoms in total. The predicted octanol–water partition coefficient (Wildman–Crippen LogP) is -0.713. The van der Waals surface area contributed by atoms with Gasteiger partial charge in [0.15, 0.2) is 0 Å². The molecule has 1 saturated heterocycles. The number of aliphatic hydroxyl groups excluding tert-OH is 1. The van der Waals surface area contributed by atoms with Gasteiger partial charge in [-0.3, -0.25) is 4.90 Å². The van der Waals surface area contributed by atoms with E-state index < -0.39 is 0 Å². The van der Waals surface area contributed by atoms with Crippen LogP contribution in [0, 0.1) is 0 Å². The molecule has 4 heteroatoms. The molecule has 0 spiro atoms. The van der Waals surface area contributed by atoms with Crippen molar-refractivity contribution in [1.29, 1.82) is 0 Å². The predicted molar refractivity (Wildman–Crippen MR) is 51.8 cm³/mol. The standard InChI is InChI=1S/C9H20N2O2/c1-10-8-6-11(4-3-5-12)7-9(8)13-2/h8-10,12H,3-7H2,1-2H3/t8-,9-/m0/s1. The molecule has 0 unspecified atom stereocenters. The van der Waals surface area contributed by atoms with Gasteiger partial charge in [0, 0.05) is 39.4 Å². The van der Waals surface area contributed by atoms with E-state index >= 15 is 0 Å². The summed E-state index contributed by atoms with van der Waals surface area (Å²) in [5, 5.41) is 11.9. The summed E-state index contributed by atoms with van der Waals surface area (Å²) in [4.78, 5) is 2.32. The minimum absolute atomic E-state index is 0.276. The molecule has 0 radical (unpaired) electrons. The van der Waals surface area contributed by atoms with Crippen LogP contribution >= 0.6 is 0 Å². The molecule has 0 aromatic carbocycles. The Hall–Kier alpha value is -0.160. The summed E-state index contributed by atoms with van der Waals surface area (Å²) in [5.74, 6) is 0. The van der Waals surface area contributed by atoms with Crippen LogP contribution in [-0.4, -0.2) is 62.6 Å². The highest BCUT2D eigenvalue weighted by Crippen LogP contribution is 2.12. The van der Waals surface area contributed by atoms with Gasteiger partial charge in [0.1, 0.15) is 0 Å². The first kappa shape index (κ1) is 10.9. The lowest BCUT2D eigenvalue weighted by molar-refractivity contribution is 0.0911. The smallest absolute Gasteiger partial charge is 0.0863 e. The third kappa shape index (κ3) is 2.91. The fourth-order valence-corrected chi connectivity index (χ4v) is 1.84. The van der Waals surface area contributed by atoms with E-state index in [9.17, 15) is 0 Å². The molecule has 0 bridgehead atoms. The minimum Gasteiger partial charge on any atom is -0.396 e. The zero-order chi connectivity index (χ0) is 9.68. The van der Waals surface area contributed by atoms with E-state index in [-0.39, 0.29) is 6.61 Å². The van der Waals surface area contributed by atoms with Crippen LogP contribution in [0.5, 0.6) is 0 Å². The Morgan fingerprint density at radius 2 is 2.31 bits per heavy atom. The zero-order valence-corrected chi connectivity index (χ0v) is 8.49. The molecule has 78 valence electrons. The third-order valence-electron chi connectivity index (χ3n) is 2.65. The second kappa shape index (κ2) is 5.54. The number of rotatable bonds is 5. The number of hydrogen-bond acceptors (Lipinski definition) is 4. The molecule has 0 aliphatic carbocycles. The fraction of sp³-hybridized carbons (Fsp3) is 1.00. The van der Waals surface area contributed by atoms with E-state index in [4.69, 9.17) is 9.84 Å². The number of aliphatic hydroxyl groups is 1. The molecule has 1 rings (SSSR count). The number of likely N-dealkylation sites (N-methyl/N-ethyl adjacent to an activating group) is 1. The number of nitrogens with one attached hydrogen (secondary N) is 1. The first-order valence-corrected chi connectivity index (χ1v) is 4.85. The van der Waals surface area contributed by atoms with Crippen molar-refractivity contribution >= 4 is 0 Å². The lowest BCUT2D eigenvalue weighted by Crippen LogP contribution is -2.37. The molecule has 1 fully saturated rings. The maximum atomic E-state index is 8.70. The highest BCUT2D eigenvalue weighted by molar-refractivity contribution is 4.88. The largest absolute Gasteiger partial charge is 0.396 e. The van der Waals surface area contributed by atoms with Gasteiger partial charge in [-0.1, -0.05) is 0 Å². The van der Waals surface area contributed by atoms with Crippen molar-refractivity contribution in [2.75, 3.05) is 40.4 Å². The quantitative estimate of drug-likeness (QED) is 0.598. The van der Waals surface area contributed by atoms with E-state index in [0.29, 0.717) is 12.1 Å². The van der Waals surface area contributed by atoms with Crippen molar-refractivity contribution < 1.29 is 9.84 Å². The van der Waals surface area contributed by atoms with Crippen LogP contribution in [0.1, 0.15) is 6.42 Å². The van der Waals surface area contributed by atoms with Gasteiger partial charge in [0.25, 0.3) is 0 Å². The van der Waals surface area contributed by atoms with E-state index in [1.54, 1.807) is 7.11 Å². The monoisotopic (exact) mass is 188 g/mol. The van der Waals surface area contributed by atoms with Crippen molar-refractivity contribution in [3.05, 3.63) is 0 Å². The molecular formula is C9H20N2O2. The van der Waals surface area contributed by atoms with Crippen molar-refractivity contribution in [2.24, 2.45) is 0 Å². The number of methoxy groups -OCH3 is 1. The zero-order valence-electron chi connectivity index (χ0n) is 8.49. The fourth-order valence-electron chi connectivity index (χ4n) is 1.84. The molecule has 1 heterocycles. The number of likely N-dealkylation sites (tertiary alicyclic amines) is 1. The van der Waals surface area contributed by atoms with Crippen LogP contribution in [0.25, 0.3) is 0 Å². The summed E-state index contributed by atoms with van der Waals surface area (Å²) in [6.07, 6.45) is 1.15. The lowest BCUT2D eigenvalue weighted by Gasteiger charge is -2.14. The van der Waals surface area contributed by atoms with Crippen molar-refractivity contribution in [1.82, 2.24) is 10.2 Å². The normalized spacial score (nSPS) is 29.8. The summed E-state index contributed by atoms with van der Waals surface area (Å²) in [5.41, 5.74) is 0. The highest BCUT2D eigenvalue weighted by atomic mass is 16.5. The van der Waals surface area contributed by atoms with Gasteiger partial charge >= 0.3 is 0 Å². The number of nitrogens with zero attached hydrogens (tertiary/aromatic N) is 1. The first-order valence-electron chi connectivity index (χ1n) is 4.85. The maximum absolute atomic E-state index is 8.70. The third-order valence-corrected chi connectivity index (χ3v) is 2.65. The van der Waals surface area contributed by atoms with Gasteiger partial charge in [-0.15, -0.1) is 0 Å². The van der Waals surface area contributed by atoms with Gasteiger partial charge in [0.05, 0.1) is 6.10 Å². The average Bonchev–Trinajstić information content (AvgIpc) is 2.57. The van der Waals surface area contributed by atoms with Crippen LogP contribution in [-0.2, 0) is 4.74 Å². The van der Waals surface area contributed by atoms with E-state index in [1.165, 1.54) is 0 Å². The Morgan fingerprint density at radius 3 is 2.77 bits per heavy atom. The van der Waals surface area contributed by atoms with Gasteiger partial charge in [0.2, 0.25) is 0 Å². The second-order valence-electron chi connectivity index (χ2n) is 3.51. The van der Waals surface area contributed by atoms with Gasteiger partial charge < -0.3 is 15.2 Å². The van der Waals surface area contributed by atoms with E-state index in [1.807, 2.05) is 7.05 Å². The van der Waals surface area contributed by atoms with E-state index in [0.717, 1.165) is 26.1 Å². The Bertz CT molecular complexity index is 132. The summed E-state index contributed by atoms with van der Waals surface area (Å²) < 4.78 is 5.36. The molecule has 2 atom stereocenters. The van der Waals surface area contributed by atoms with E-state index in [2.05, 4.69) is 10.2 Å². The molecule has 13 heavy (non-hydrogen) atoms. The molecule has 0 aromatic heterocycles. The van der Waals surface area contributed by atoms with Crippen LogP contribution in [0.4, 0.5) is 0 Å². The van der Waals surface area contributed by atoms with Gasteiger partial charge in [-0.05, 0) is 13.5 Å². The maximum Gasteiger partial charge on any atom is 0.0863 e. The van der Waals surface area contributed by atoms with Crippen LogP contribution in [0.3, 0.4) is 0 Å². The molecule has 0 amide bonds. The number of hydrogen-bond donors (Lipinski definition) is 2. The summed E-state index contributed by atoms with van der Waals surface area (Å²) in [6.45, 7) is 3.24.